The minimum atomic E-state index is -3.76. The van der Waals surface area contributed by atoms with Crippen molar-refractivity contribution in [2.75, 3.05) is 22.4 Å². The van der Waals surface area contributed by atoms with Gasteiger partial charge < -0.3 is 15.2 Å². The van der Waals surface area contributed by atoms with Crippen LogP contribution in [0, 0.1) is 0 Å². The van der Waals surface area contributed by atoms with Crippen molar-refractivity contribution in [1.82, 2.24) is 0 Å². The van der Waals surface area contributed by atoms with Crippen LogP contribution in [0.15, 0.2) is 48.5 Å². The highest BCUT2D eigenvalue weighted by Crippen LogP contribution is 2.22. The van der Waals surface area contributed by atoms with Gasteiger partial charge in [0.15, 0.2) is 0 Å². The number of rotatable bonds is 6. The summed E-state index contributed by atoms with van der Waals surface area (Å²) in [6.45, 7) is -0.541. The van der Waals surface area contributed by atoms with Gasteiger partial charge in [-0.3, -0.25) is 9.10 Å². The zero-order valence-corrected chi connectivity index (χ0v) is 14.7. The van der Waals surface area contributed by atoms with Crippen LogP contribution in [0.3, 0.4) is 0 Å². The molecule has 0 spiro atoms. The molecule has 1 amide bonds. The molecule has 9 heteroatoms. The number of carbonyl (C=O) groups is 2. The van der Waals surface area contributed by atoms with Crippen molar-refractivity contribution in [1.29, 1.82) is 0 Å². The molecule has 0 aliphatic carbocycles. The van der Waals surface area contributed by atoms with Crippen molar-refractivity contribution >= 4 is 44.9 Å². The van der Waals surface area contributed by atoms with Crippen LogP contribution in [0.25, 0.3) is 0 Å². The van der Waals surface area contributed by atoms with E-state index in [-0.39, 0.29) is 16.9 Å². The molecule has 0 saturated heterocycles. The van der Waals surface area contributed by atoms with Gasteiger partial charge in [0.1, 0.15) is 6.54 Å². The maximum Gasteiger partial charge on any atom is 0.245 e. The van der Waals surface area contributed by atoms with Crippen molar-refractivity contribution in [2.24, 2.45) is 0 Å². The van der Waals surface area contributed by atoms with Gasteiger partial charge >= 0.3 is 0 Å². The molecule has 0 aliphatic heterocycles. The average Bonchev–Trinajstić information content (AvgIpc) is 2.52. The van der Waals surface area contributed by atoms with E-state index in [1.165, 1.54) is 36.4 Å². The molecule has 0 unspecified atom stereocenters. The fourth-order valence-electron chi connectivity index (χ4n) is 2.12. The van der Waals surface area contributed by atoms with Crippen molar-refractivity contribution in [3.63, 3.8) is 0 Å². The molecule has 0 fully saturated rings. The first-order chi connectivity index (χ1) is 11.7. The number of carbonyl (C=O) groups excluding carboxylic acids is 2. The smallest absolute Gasteiger partial charge is 0.245 e. The Kier molecular flexibility index (Phi) is 5.66. The summed E-state index contributed by atoms with van der Waals surface area (Å²) in [4.78, 5) is 23.3. The molecule has 0 heterocycles. The molecule has 0 aliphatic rings. The average molecular weight is 382 g/mol. The summed E-state index contributed by atoms with van der Waals surface area (Å²) < 4.78 is 24.9. The quantitative estimate of drug-likeness (QED) is 0.806. The molecule has 25 heavy (non-hydrogen) atoms. The van der Waals surface area contributed by atoms with Gasteiger partial charge in [0.05, 0.1) is 17.9 Å². The lowest BCUT2D eigenvalue weighted by atomic mass is 10.2. The summed E-state index contributed by atoms with van der Waals surface area (Å²) in [5.74, 6) is -2.16. The summed E-state index contributed by atoms with van der Waals surface area (Å²) in [5.41, 5.74) is 0.0369. The summed E-state index contributed by atoms with van der Waals surface area (Å²) in [6.07, 6.45) is 0.955. The highest BCUT2D eigenvalue weighted by Gasteiger charge is 2.21. The van der Waals surface area contributed by atoms with Gasteiger partial charge in [-0.05, 0) is 24.3 Å². The Morgan fingerprint density at radius 2 is 1.84 bits per heavy atom. The van der Waals surface area contributed by atoms with Crippen molar-refractivity contribution in [2.45, 2.75) is 0 Å². The van der Waals surface area contributed by atoms with E-state index in [0.717, 1.165) is 10.6 Å². The minimum absolute atomic E-state index is 0.0204. The standard InChI is InChI=1S/C16H15ClN2O5S/c1-25(23,24)19(12-6-4-5-11(17)9-12)10-15(20)18-14-8-3-2-7-13(14)16(21)22/h2-9H,10H2,1H3,(H,18,20)(H,21,22)/p-1. The van der Waals surface area contributed by atoms with Crippen LogP contribution in [-0.2, 0) is 14.8 Å². The van der Waals surface area contributed by atoms with Gasteiger partial charge in [0.2, 0.25) is 15.9 Å². The normalized spacial score (nSPS) is 11.0. The fourth-order valence-corrected chi connectivity index (χ4v) is 3.15. The molecule has 7 nitrogen and oxygen atoms in total. The largest absolute Gasteiger partial charge is 0.545 e. The lowest BCUT2D eigenvalue weighted by Crippen LogP contribution is -2.37. The maximum atomic E-state index is 12.2. The molecule has 2 rings (SSSR count). The van der Waals surface area contributed by atoms with Crippen LogP contribution in [0.1, 0.15) is 10.4 Å². The first-order valence-corrected chi connectivity index (χ1v) is 9.24. The molecule has 1 N–H and O–H groups in total. The molecule has 0 bridgehead atoms. The van der Waals surface area contributed by atoms with E-state index >= 15 is 0 Å². The molecule has 2 aromatic carbocycles. The Morgan fingerprint density at radius 3 is 2.44 bits per heavy atom. The van der Waals surface area contributed by atoms with Crippen LogP contribution >= 0.6 is 11.6 Å². The van der Waals surface area contributed by atoms with Crippen LogP contribution in [-0.4, -0.2) is 33.1 Å². The summed E-state index contributed by atoms with van der Waals surface area (Å²) in [7, 11) is -3.76. The van der Waals surface area contributed by atoms with Gasteiger partial charge in [-0.15, -0.1) is 0 Å². The van der Waals surface area contributed by atoms with Crippen LogP contribution in [0.4, 0.5) is 11.4 Å². The second kappa shape index (κ2) is 7.54. The Balaban J connectivity index is 2.26. The van der Waals surface area contributed by atoms with E-state index < -0.39 is 28.4 Å². The lowest BCUT2D eigenvalue weighted by molar-refractivity contribution is -0.254. The maximum absolute atomic E-state index is 12.2. The first kappa shape index (κ1) is 18.8. The number of benzene rings is 2. The number of amides is 1. The van der Waals surface area contributed by atoms with Gasteiger partial charge in [0, 0.05) is 16.3 Å². The fraction of sp³-hybridized carbons (Fsp3) is 0.125. The van der Waals surface area contributed by atoms with E-state index in [1.54, 1.807) is 12.1 Å². The predicted octanol–water partition coefficient (Wildman–Crippen LogP) is 1.11. The van der Waals surface area contributed by atoms with Crippen LogP contribution in [0.2, 0.25) is 5.02 Å². The summed E-state index contributed by atoms with van der Waals surface area (Å²) in [6, 6.07) is 11.7. The number of nitrogens with zero attached hydrogens (tertiary/aromatic N) is 1. The summed E-state index contributed by atoms with van der Waals surface area (Å²) in [5, 5.41) is 13.8. The third-order valence-corrected chi connectivity index (χ3v) is 4.58. The Morgan fingerprint density at radius 1 is 1.16 bits per heavy atom. The monoisotopic (exact) mass is 381 g/mol. The predicted molar refractivity (Wildman–Crippen MR) is 93.0 cm³/mol. The molecule has 0 radical (unpaired) electrons. The van der Waals surface area contributed by atoms with Crippen LogP contribution in [0.5, 0.6) is 0 Å². The topological polar surface area (TPSA) is 107 Å². The number of halogens is 1. The molecule has 0 saturated carbocycles. The zero-order valence-electron chi connectivity index (χ0n) is 13.1. The highest BCUT2D eigenvalue weighted by atomic mass is 35.5. The van der Waals surface area contributed by atoms with E-state index in [4.69, 9.17) is 11.6 Å². The molecule has 2 aromatic rings. The molecular weight excluding hydrogens is 368 g/mol. The Bertz CT molecular complexity index is 914. The van der Waals surface area contributed by atoms with Crippen LogP contribution < -0.4 is 14.7 Å². The number of nitrogens with one attached hydrogen (secondary N) is 1. The third kappa shape index (κ3) is 4.94. The second-order valence-corrected chi connectivity index (χ2v) is 7.47. The van der Waals surface area contributed by atoms with E-state index in [2.05, 4.69) is 5.32 Å². The van der Waals surface area contributed by atoms with Gasteiger partial charge in [-0.2, -0.15) is 0 Å². The zero-order chi connectivity index (χ0) is 18.6. The SMILES string of the molecule is CS(=O)(=O)N(CC(=O)Nc1ccccc1C(=O)[O-])c1cccc(Cl)c1. The van der Waals surface area contributed by atoms with Crippen molar-refractivity contribution in [3.8, 4) is 0 Å². The van der Waals surface area contributed by atoms with Gasteiger partial charge in [-0.25, -0.2) is 8.42 Å². The summed E-state index contributed by atoms with van der Waals surface area (Å²) >= 11 is 5.87. The van der Waals surface area contributed by atoms with Gasteiger partial charge in [0.25, 0.3) is 0 Å². The third-order valence-electron chi connectivity index (χ3n) is 3.20. The first-order valence-electron chi connectivity index (χ1n) is 7.02. The van der Waals surface area contributed by atoms with E-state index in [0.29, 0.717) is 5.02 Å². The number of hydrogen-bond donors (Lipinski definition) is 1. The number of aromatic carboxylic acids is 1. The number of para-hydroxylation sites is 1. The van der Waals surface area contributed by atoms with Crippen molar-refractivity contribution < 1.29 is 23.1 Å². The van der Waals surface area contributed by atoms with Crippen molar-refractivity contribution in [3.05, 3.63) is 59.1 Å². The van der Waals surface area contributed by atoms with E-state index in [1.807, 2.05) is 0 Å². The molecule has 0 atom stereocenters. The number of anilines is 2. The number of hydrogen-bond acceptors (Lipinski definition) is 5. The molecular formula is C16H14ClN2O5S-. The number of carboxylic acid groups (broad SMARTS) is 1. The Hall–Kier alpha value is -2.58. The molecule has 0 aromatic heterocycles. The second-order valence-electron chi connectivity index (χ2n) is 5.13. The Labute approximate surface area is 149 Å². The number of carboxylic acids is 1. The number of sulfonamides is 1. The van der Waals surface area contributed by atoms with Gasteiger partial charge in [-0.1, -0.05) is 35.9 Å². The van der Waals surface area contributed by atoms with E-state index in [9.17, 15) is 23.1 Å². The molecule has 132 valence electrons. The lowest BCUT2D eigenvalue weighted by Gasteiger charge is -2.22. The highest BCUT2D eigenvalue weighted by molar-refractivity contribution is 7.92. The minimum Gasteiger partial charge on any atom is -0.545 e.